The van der Waals surface area contributed by atoms with Crippen LogP contribution in [0.4, 0.5) is 0 Å². The van der Waals surface area contributed by atoms with E-state index in [1.165, 1.54) is 0 Å². The van der Waals surface area contributed by atoms with E-state index >= 15 is 0 Å². The number of carbonyl (C=O) groups is 2. The smallest absolute Gasteiger partial charge is 0.239 e. The molecule has 1 fully saturated rings. The number of hydrogen-bond acceptors (Lipinski definition) is 4. The van der Waals surface area contributed by atoms with Crippen LogP contribution >= 0.6 is 0 Å². The quantitative estimate of drug-likeness (QED) is 0.457. The van der Waals surface area contributed by atoms with Gasteiger partial charge in [0.2, 0.25) is 11.8 Å². The molecule has 0 radical (unpaired) electrons. The zero-order valence-corrected chi connectivity index (χ0v) is 9.80. The first-order valence-electron chi connectivity index (χ1n) is 5.64. The van der Waals surface area contributed by atoms with Crippen LogP contribution in [0, 0.1) is 0 Å². The first-order chi connectivity index (χ1) is 7.63. The maximum Gasteiger partial charge on any atom is 0.239 e. The predicted molar refractivity (Wildman–Crippen MR) is 60.9 cm³/mol. The van der Waals surface area contributed by atoms with Crippen LogP contribution in [0.25, 0.3) is 0 Å². The Hall–Kier alpha value is -1.14. The monoisotopic (exact) mass is 228 g/mol. The molecular weight excluding hydrogens is 208 g/mol. The molecule has 0 spiro atoms. The zero-order valence-electron chi connectivity index (χ0n) is 9.80. The minimum Gasteiger partial charge on any atom is -0.355 e. The van der Waals surface area contributed by atoms with Crippen molar-refractivity contribution in [3.8, 4) is 0 Å². The summed E-state index contributed by atoms with van der Waals surface area (Å²) < 4.78 is 0. The van der Waals surface area contributed by atoms with Crippen molar-refractivity contribution in [3.63, 3.8) is 0 Å². The van der Waals surface area contributed by atoms with Gasteiger partial charge in [0, 0.05) is 25.7 Å². The van der Waals surface area contributed by atoms with Crippen molar-refractivity contribution >= 4 is 11.8 Å². The Labute approximate surface area is 95.5 Å². The fourth-order valence-electron chi connectivity index (χ4n) is 1.52. The second-order valence-electron chi connectivity index (χ2n) is 3.94. The van der Waals surface area contributed by atoms with Gasteiger partial charge in [-0.3, -0.25) is 9.59 Å². The Bertz CT molecular complexity index is 249. The molecule has 6 heteroatoms. The number of likely N-dealkylation sites (N-methyl/N-ethyl adjacent to an activating group) is 1. The molecule has 6 nitrogen and oxygen atoms in total. The molecule has 0 aliphatic carbocycles. The highest BCUT2D eigenvalue weighted by Crippen LogP contribution is 1.92. The standard InChI is InChI=1S/C10H20N4O2/c1-3-11-9(15)6-14-10(16)8-5-12-7(2)4-13-8/h7-8,12-13H,3-6H2,1-2H3,(H,11,15)(H,14,16). The summed E-state index contributed by atoms with van der Waals surface area (Å²) in [5, 5.41) is 11.5. The van der Waals surface area contributed by atoms with Gasteiger partial charge in [-0.05, 0) is 13.8 Å². The van der Waals surface area contributed by atoms with Crippen LogP contribution in [0.5, 0.6) is 0 Å². The lowest BCUT2D eigenvalue weighted by atomic mass is 10.1. The molecule has 4 N–H and O–H groups in total. The van der Waals surface area contributed by atoms with Crippen LogP contribution in [-0.4, -0.2) is 50.1 Å². The van der Waals surface area contributed by atoms with Gasteiger partial charge >= 0.3 is 0 Å². The molecule has 0 aromatic carbocycles. The maximum absolute atomic E-state index is 11.6. The molecule has 2 unspecified atom stereocenters. The van der Waals surface area contributed by atoms with E-state index in [-0.39, 0.29) is 24.4 Å². The second-order valence-corrected chi connectivity index (χ2v) is 3.94. The summed E-state index contributed by atoms with van der Waals surface area (Å²) in [6, 6.07) is 0.137. The molecule has 2 atom stereocenters. The Morgan fingerprint density at radius 1 is 1.25 bits per heavy atom. The highest BCUT2D eigenvalue weighted by molar-refractivity contribution is 5.87. The first kappa shape index (κ1) is 12.9. The van der Waals surface area contributed by atoms with E-state index in [0.29, 0.717) is 19.1 Å². The van der Waals surface area contributed by atoms with Crippen LogP contribution in [0.15, 0.2) is 0 Å². The van der Waals surface area contributed by atoms with E-state index in [0.717, 1.165) is 6.54 Å². The lowest BCUT2D eigenvalue weighted by Gasteiger charge is -2.28. The summed E-state index contributed by atoms with van der Waals surface area (Å²) in [6.45, 7) is 5.88. The molecule has 1 aliphatic heterocycles. The van der Waals surface area contributed by atoms with Crippen molar-refractivity contribution in [2.45, 2.75) is 25.9 Å². The summed E-state index contributed by atoms with van der Waals surface area (Å²) in [5.74, 6) is -0.293. The summed E-state index contributed by atoms with van der Waals surface area (Å²) >= 11 is 0. The van der Waals surface area contributed by atoms with Gasteiger partial charge in [0.1, 0.15) is 0 Å². The number of nitrogens with one attached hydrogen (secondary N) is 4. The Morgan fingerprint density at radius 2 is 2.00 bits per heavy atom. The van der Waals surface area contributed by atoms with Gasteiger partial charge in [0.25, 0.3) is 0 Å². The minimum atomic E-state index is -0.245. The molecular formula is C10H20N4O2. The fourth-order valence-corrected chi connectivity index (χ4v) is 1.52. The van der Waals surface area contributed by atoms with Crippen molar-refractivity contribution in [1.82, 2.24) is 21.3 Å². The number of hydrogen-bond donors (Lipinski definition) is 4. The predicted octanol–water partition coefficient (Wildman–Crippen LogP) is -1.81. The summed E-state index contributed by atoms with van der Waals surface area (Å²) in [6.07, 6.45) is 0. The molecule has 2 amide bonds. The molecule has 0 aromatic heterocycles. The van der Waals surface area contributed by atoms with Gasteiger partial charge in [-0.2, -0.15) is 0 Å². The lowest BCUT2D eigenvalue weighted by molar-refractivity contribution is -0.127. The van der Waals surface area contributed by atoms with Gasteiger partial charge in [0.05, 0.1) is 12.6 Å². The average molecular weight is 228 g/mol. The SMILES string of the molecule is CCNC(=O)CNC(=O)C1CNC(C)CN1. The van der Waals surface area contributed by atoms with Crippen LogP contribution in [0.2, 0.25) is 0 Å². The molecule has 1 aliphatic rings. The van der Waals surface area contributed by atoms with Crippen LogP contribution in [0.3, 0.4) is 0 Å². The lowest BCUT2D eigenvalue weighted by Crippen LogP contribution is -2.59. The summed E-state index contributed by atoms with van der Waals surface area (Å²) in [4.78, 5) is 22.7. The van der Waals surface area contributed by atoms with Crippen LogP contribution < -0.4 is 21.3 Å². The van der Waals surface area contributed by atoms with Crippen molar-refractivity contribution in [2.75, 3.05) is 26.2 Å². The average Bonchev–Trinajstić information content (AvgIpc) is 2.27. The highest BCUT2D eigenvalue weighted by atomic mass is 16.2. The van der Waals surface area contributed by atoms with Crippen LogP contribution in [0.1, 0.15) is 13.8 Å². The number of piperazine rings is 1. The van der Waals surface area contributed by atoms with Gasteiger partial charge in [-0.25, -0.2) is 0 Å². The Kier molecular flexibility index (Phi) is 5.21. The summed E-state index contributed by atoms with van der Waals surface area (Å²) in [5.41, 5.74) is 0. The van der Waals surface area contributed by atoms with E-state index in [1.807, 2.05) is 6.92 Å². The van der Waals surface area contributed by atoms with Crippen LogP contribution in [-0.2, 0) is 9.59 Å². The molecule has 92 valence electrons. The largest absolute Gasteiger partial charge is 0.355 e. The molecule has 1 rings (SSSR count). The van der Waals surface area contributed by atoms with E-state index in [1.54, 1.807) is 0 Å². The zero-order chi connectivity index (χ0) is 12.0. The number of carbonyl (C=O) groups excluding carboxylic acids is 2. The third kappa shape index (κ3) is 4.16. The van der Waals surface area contributed by atoms with E-state index in [4.69, 9.17) is 0 Å². The maximum atomic E-state index is 11.6. The number of rotatable bonds is 4. The topological polar surface area (TPSA) is 82.3 Å². The molecule has 1 saturated heterocycles. The van der Waals surface area contributed by atoms with Gasteiger partial charge in [-0.1, -0.05) is 0 Å². The van der Waals surface area contributed by atoms with Crippen molar-refractivity contribution < 1.29 is 9.59 Å². The fraction of sp³-hybridized carbons (Fsp3) is 0.800. The normalized spacial score (nSPS) is 24.9. The van der Waals surface area contributed by atoms with Crippen molar-refractivity contribution in [2.24, 2.45) is 0 Å². The van der Waals surface area contributed by atoms with E-state index in [9.17, 15) is 9.59 Å². The van der Waals surface area contributed by atoms with Gasteiger partial charge < -0.3 is 21.3 Å². The first-order valence-corrected chi connectivity index (χ1v) is 5.64. The van der Waals surface area contributed by atoms with Crippen molar-refractivity contribution in [1.29, 1.82) is 0 Å². The second kappa shape index (κ2) is 6.44. The van der Waals surface area contributed by atoms with Crippen molar-refractivity contribution in [3.05, 3.63) is 0 Å². The molecule has 16 heavy (non-hydrogen) atoms. The Morgan fingerprint density at radius 3 is 2.56 bits per heavy atom. The third-order valence-corrected chi connectivity index (χ3v) is 2.45. The van der Waals surface area contributed by atoms with Gasteiger partial charge in [0.15, 0.2) is 0 Å². The molecule has 0 aromatic rings. The minimum absolute atomic E-state index is 0.0421. The molecule has 0 saturated carbocycles. The third-order valence-electron chi connectivity index (χ3n) is 2.45. The van der Waals surface area contributed by atoms with Gasteiger partial charge in [-0.15, -0.1) is 0 Å². The Balaban J connectivity index is 2.22. The molecule has 1 heterocycles. The number of amides is 2. The van der Waals surface area contributed by atoms with E-state index < -0.39 is 0 Å². The highest BCUT2D eigenvalue weighted by Gasteiger charge is 2.23. The summed E-state index contributed by atoms with van der Waals surface area (Å²) in [7, 11) is 0. The van der Waals surface area contributed by atoms with E-state index in [2.05, 4.69) is 28.2 Å². The molecule has 0 bridgehead atoms.